The second-order valence-electron chi connectivity index (χ2n) is 1.88. The van der Waals surface area contributed by atoms with Crippen LogP contribution in [-0.2, 0) is 0 Å². The maximum absolute atomic E-state index is 10.1. The molecule has 0 saturated heterocycles. The first-order valence-corrected chi connectivity index (χ1v) is 3.06. The Kier molecular flexibility index (Phi) is 4.39. The summed E-state index contributed by atoms with van der Waals surface area (Å²) in [5.74, 6) is -0.275. The van der Waals surface area contributed by atoms with Gasteiger partial charge in [-0.05, 0) is 6.07 Å². The fourth-order valence-electron chi connectivity index (χ4n) is 0.591. The highest BCUT2D eigenvalue weighted by molar-refractivity contribution is 6.01. The molecule has 7 heteroatoms. The normalized spacial score (nSPS) is 8.31. The summed E-state index contributed by atoms with van der Waals surface area (Å²) in [7, 11) is 0. The molecule has 0 saturated carbocycles. The van der Waals surface area contributed by atoms with Crippen LogP contribution in [-0.4, -0.2) is 27.0 Å². The zero-order valence-corrected chi connectivity index (χ0v) is 7.21. The molecule has 1 heterocycles. The second kappa shape index (κ2) is 5.04. The number of amidine groups is 1. The summed E-state index contributed by atoms with van der Waals surface area (Å²) in [6.07, 6.45) is 1.56. The van der Waals surface area contributed by atoms with Crippen LogP contribution < -0.4 is 5.32 Å². The van der Waals surface area contributed by atoms with Crippen molar-refractivity contribution in [2.24, 2.45) is 0 Å². The van der Waals surface area contributed by atoms with Gasteiger partial charge in [0.25, 0.3) is 0 Å². The van der Waals surface area contributed by atoms with Crippen LogP contribution in [0, 0.1) is 5.41 Å². The molecule has 1 rings (SSSR count). The van der Waals surface area contributed by atoms with Gasteiger partial charge < -0.3 is 5.11 Å². The maximum atomic E-state index is 10.1. The van der Waals surface area contributed by atoms with Crippen LogP contribution in [0.4, 0.5) is 4.79 Å². The molecule has 3 N–H and O–H groups in total. The molecule has 0 unspecified atom stereocenters. The van der Waals surface area contributed by atoms with Gasteiger partial charge in [0, 0.05) is 12.4 Å². The smallest absolute Gasteiger partial charge is 0.410 e. The highest BCUT2D eigenvalue weighted by atomic mass is 35.5. The third-order valence-electron chi connectivity index (χ3n) is 1.02. The Hall–Kier alpha value is -1.69. The number of aromatic nitrogens is 2. The first kappa shape index (κ1) is 11.3. The largest absolute Gasteiger partial charge is 0.465 e. The number of amides is 1. The number of nitrogens with zero attached hydrogens (tertiary/aromatic N) is 2. The van der Waals surface area contributed by atoms with Gasteiger partial charge in [0.2, 0.25) is 0 Å². The van der Waals surface area contributed by atoms with Gasteiger partial charge in [-0.15, -0.1) is 12.4 Å². The van der Waals surface area contributed by atoms with E-state index in [1.54, 1.807) is 6.07 Å². The van der Waals surface area contributed by atoms with E-state index in [9.17, 15) is 4.79 Å². The summed E-state index contributed by atoms with van der Waals surface area (Å²) < 4.78 is 0. The minimum Gasteiger partial charge on any atom is -0.465 e. The van der Waals surface area contributed by atoms with Crippen molar-refractivity contribution in [1.29, 1.82) is 5.41 Å². The van der Waals surface area contributed by atoms with Gasteiger partial charge in [0.15, 0.2) is 11.7 Å². The summed E-state index contributed by atoms with van der Waals surface area (Å²) in [5.41, 5.74) is 0. The van der Waals surface area contributed by atoms with Crippen molar-refractivity contribution >= 4 is 24.3 Å². The molecule has 0 aliphatic rings. The van der Waals surface area contributed by atoms with Crippen LogP contribution in [0.3, 0.4) is 0 Å². The fraction of sp³-hybridized carbons (Fsp3) is 0. The molecule has 0 aliphatic carbocycles. The van der Waals surface area contributed by atoms with Crippen molar-refractivity contribution in [3.63, 3.8) is 0 Å². The van der Waals surface area contributed by atoms with Crippen molar-refractivity contribution in [1.82, 2.24) is 15.3 Å². The number of carbonyl (C=O) groups is 1. The molecule has 70 valence electrons. The number of hydrogen-bond acceptors (Lipinski definition) is 4. The van der Waals surface area contributed by atoms with E-state index in [2.05, 4.69) is 9.97 Å². The van der Waals surface area contributed by atoms with E-state index in [1.807, 2.05) is 5.32 Å². The monoisotopic (exact) mass is 202 g/mol. The lowest BCUT2D eigenvalue weighted by atomic mass is 10.5. The first-order chi connectivity index (χ1) is 5.70. The van der Waals surface area contributed by atoms with Gasteiger partial charge in [-0.2, -0.15) is 0 Å². The van der Waals surface area contributed by atoms with E-state index in [0.29, 0.717) is 0 Å². The lowest BCUT2D eigenvalue weighted by Gasteiger charge is -1.99. The van der Waals surface area contributed by atoms with Gasteiger partial charge in [-0.1, -0.05) is 0 Å². The Morgan fingerprint density at radius 3 is 2.46 bits per heavy atom. The highest BCUT2D eigenvalue weighted by Crippen LogP contribution is 1.85. The SMILES string of the molecule is Cl.N=C(NC(=O)O)c1ncccn1. The minimum atomic E-state index is -1.30. The summed E-state index contributed by atoms with van der Waals surface area (Å²) in [6, 6.07) is 1.58. The van der Waals surface area contributed by atoms with Crippen molar-refractivity contribution < 1.29 is 9.90 Å². The van der Waals surface area contributed by atoms with E-state index >= 15 is 0 Å². The van der Waals surface area contributed by atoms with Crippen LogP contribution >= 0.6 is 12.4 Å². The summed E-state index contributed by atoms with van der Waals surface area (Å²) in [4.78, 5) is 17.4. The molecule has 0 spiro atoms. The van der Waals surface area contributed by atoms with Crippen molar-refractivity contribution in [3.05, 3.63) is 24.3 Å². The molecular weight excluding hydrogens is 196 g/mol. The molecule has 0 fully saturated rings. The zero-order chi connectivity index (χ0) is 8.97. The Balaban J connectivity index is 0.00000144. The highest BCUT2D eigenvalue weighted by Gasteiger charge is 2.05. The van der Waals surface area contributed by atoms with Gasteiger partial charge >= 0.3 is 6.09 Å². The Morgan fingerprint density at radius 2 is 2.00 bits per heavy atom. The third-order valence-corrected chi connectivity index (χ3v) is 1.02. The van der Waals surface area contributed by atoms with E-state index in [1.165, 1.54) is 12.4 Å². The quantitative estimate of drug-likeness (QED) is 0.456. The summed E-state index contributed by atoms with van der Waals surface area (Å²) in [5, 5.41) is 17.2. The molecule has 0 aromatic carbocycles. The topological polar surface area (TPSA) is 99.0 Å². The molecule has 13 heavy (non-hydrogen) atoms. The van der Waals surface area contributed by atoms with Crippen LogP contribution in [0.25, 0.3) is 0 Å². The molecule has 6 nitrogen and oxygen atoms in total. The number of carboxylic acid groups (broad SMARTS) is 1. The van der Waals surface area contributed by atoms with Crippen LogP contribution in [0.15, 0.2) is 18.5 Å². The van der Waals surface area contributed by atoms with Gasteiger partial charge in [-0.25, -0.2) is 14.8 Å². The fourth-order valence-corrected chi connectivity index (χ4v) is 0.591. The summed E-state index contributed by atoms with van der Waals surface area (Å²) in [6.45, 7) is 0. The molecule has 1 amide bonds. The van der Waals surface area contributed by atoms with Crippen LogP contribution in [0.2, 0.25) is 0 Å². The first-order valence-electron chi connectivity index (χ1n) is 3.06. The number of nitrogens with one attached hydrogen (secondary N) is 2. The maximum Gasteiger partial charge on any atom is 0.410 e. The lowest BCUT2D eigenvalue weighted by molar-refractivity contribution is 0.200. The Morgan fingerprint density at radius 1 is 1.46 bits per heavy atom. The minimum absolute atomic E-state index is 0. The molecule has 1 aromatic rings. The number of hydrogen-bond donors (Lipinski definition) is 3. The number of rotatable bonds is 1. The lowest BCUT2D eigenvalue weighted by Crippen LogP contribution is -2.30. The van der Waals surface area contributed by atoms with Crippen molar-refractivity contribution in [3.8, 4) is 0 Å². The Bertz CT molecular complexity index is 303. The average molecular weight is 203 g/mol. The number of halogens is 1. The Labute approximate surface area is 79.9 Å². The predicted octanol–water partition coefficient (Wildman–Crippen LogP) is 0.491. The van der Waals surface area contributed by atoms with Crippen molar-refractivity contribution in [2.75, 3.05) is 0 Å². The summed E-state index contributed by atoms with van der Waals surface area (Å²) >= 11 is 0. The molecule has 1 aromatic heterocycles. The van der Waals surface area contributed by atoms with Crippen LogP contribution in [0.5, 0.6) is 0 Å². The van der Waals surface area contributed by atoms with E-state index in [-0.39, 0.29) is 24.1 Å². The molecule has 0 bridgehead atoms. The second-order valence-corrected chi connectivity index (χ2v) is 1.88. The third kappa shape index (κ3) is 3.48. The van der Waals surface area contributed by atoms with Crippen LogP contribution in [0.1, 0.15) is 5.82 Å². The molecule has 0 atom stereocenters. The van der Waals surface area contributed by atoms with E-state index in [0.717, 1.165) is 0 Å². The molecule has 0 aliphatic heterocycles. The van der Waals surface area contributed by atoms with Gasteiger partial charge in [0.1, 0.15) is 0 Å². The average Bonchev–Trinajstić information content (AvgIpc) is 2.05. The van der Waals surface area contributed by atoms with E-state index < -0.39 is 6.09 Å². The zero-order valence-electron chi connectivity index (χ0n) is 6.39. The van der Waals surface area contributed by atoms with Gasteiger partial charge in [0.05, 0.1) is 0 Å². The molecule has 0 radical (unpaired) electrons. The predicted molar refractivity (Wildman–Crippen MR) is 47.3 cm³/mol. The molecular formula is C6H7ClN4O2. The van der Waals surface area contributed by atoms with Gasteiger partial charge in [-0.3, -0.25) is 10.7 Å². The van der Waals surface area contributed by atoms with E-state index in [4.69, 9.17) is 10.5 Å². The van der Waals surface area contributed by atoms with Crippen molar-refractivity contribution in [2.45, 2.75) is 0 Å². The standard InChI is InChI=1S/C6H6N4O2.ClH/c7-4(10-6(11)12)5-8-2-1-3-9-5;/h1-3H,(H2,7,10)(H,11,12);1H.